The third-order valence-electron chi connectivity index (χ3n) is 4.88. The number of carbonyl (C=O) groups excluding carboxylic acids is 3. The summed E-state index contributed by atoms with van der Waals surface area (Å²) in [7, 11) is 0. The van der Waals surface area contributed by atoms with Crippen LogP contribution >= 0.6 is 0 Å². The molecule has 4 rings (SSSR count). The van der Waals surface area contributed by atoms with Crippen LogP contribution in [0.25, 0.3) is 11.8 Å². The van der Waals surface area contributed by atoms with E-state index in [4.69, 9.17) is 0 Å². The molecule has 8 heteroatoms. The minimum Gasteiger partial charge on any atom is -0.508 e. The van der Waals surface area contributed by atoms with Crippen LogP contribution in [-0.4, -0.2) is 39.0 Å². The van der Waals surface area contributed by atoms with Crippen LogP contribution < -0.4 is 10.6 Å². The van der Waals surface area contributed by atoms with Crippen molar-refractivity contribution < 1.29 is 19.5 Å². The van der Waals surface area contributed by atoms with Crippen molar-refractivity contribution in [3.63, 3.8) is 0 Å². The topological polar surface area (TPSA) is 104 Å². The van der Waals surface area contributed by atoms with Crippen LogP contribution in [0.5, 0.6) is 5.75 Å². The first-order valence-electron chi connectivity index (χ1n) is 9.59. The Hall–Kier alpha value is -4.33. The van der Waals surface area contributed by atoms with Gasteiger partial charge in [-0.3, -0.25) is 9.59 Å². The van der Waals surface area contributed by atoms with Gasteiger partial charge >= 0.3 is 6.03 Å². The lowest BCUT2D eigenvalue weighted by Crippen LogP contribution is -2.38. The number of urea groups is 1. The van der Waals surface area contributed by atoms with E-state index in [1.54, 1.807) is 65.4 Å². The molecule has 0 spiro atoms. The van der Waals surface area contributed by atoms with E-state index in [1.807, 2.05) is 19.1 Å². The highest BCUT2D eigenvalue weighted by Crippen LogP contribution is 2.20. The Morgan fingerprint density at radius 2 is 1.81 bits per heavy atom. The molecule has 31 heavy (non-hydrogen) atoms. The summed E-state index contributed by atoms with van der Waals surface area (Å²) in [6.45, 7) is 1.46. The summed E-state index contributed by atoms with van der Waals surface area (Å²) in [6.07, 6.45) is 3.35. The summed E-state index contributed by atoms with van der Waals surface area (Å²) < 4.78 is 1.80. The highest BCUT2D eigenvalue weighted by Gasteiger charge is 2.35. The first-order valence-corrected chi connectivity index (χ1v) is 9.59. The van der Waals surface area contributed by atoms with Crippen LogP contribution in [0.15, 0.2) is 72.6 Å². The van der Waals surface area contributed by atoms with Crippen LogP contribution in [0.2, 0.25) is 0 Å². The fourth-order valence-corrected chi connectivity index (χ4v) is 3.27. The zero-order valence-electron chi connectivity index (χ0n) is 16.7. The molecule has 1 saturated heterocycles. The Bertz CT molecular complexity index is 1190. The van der Waals surface area contributed by atoms with E-state index in [0.717, 1.165) is 16.2 Å². The number of anilines is 1. The molecular weight excluding hydrogens is 396 g/mol. The van der Waals surface area contributed by atoms with Crippen molar-refractivity contribution in [1.82, 2.24) is 14.8 Å². The smallest absolute Gasteiger partial charge is 0.329 e. The van der Waals surface area contributed by atoms with Gasteiger partial charge < -0.3 is 20.3 Å². The number of imide groups is 1. The summed E-state index contributed by atoms with van der Waals surface area (Å²) in [5, 5.41) is 14.7. The average Bonchev–Trinajstić information content (AvgIpc) is 3.30. The Labute approximate surface area is 178 Å². The van der Waals surface area contributed by atoms with Gasteiger partial charge in [-0.2, -0.15) is 0 Å². The molecule has 1 fully saturated rings. The zero-order chi connectivity index (χ0) is 22.0. The van der Waals surface area contributed by atoms with Crippen LogP contribution in [0.3, 0.4) is 0 Å². The Morgan fingerprint density at radius 1 is 1.06 bits per heavy atom. The van der Waals surface area contributed by atoms with E-state index in [9.17, 15) is 19.5 Å². The molecule has 1 aromatic heterocycles. The predicted molar refractivity (Wildman–Crippen MR) is 115 cm³/mol. The van der Waals surface area contributed by atoms with E-state index < -0.39 is 24.4 Å². The first-order chi connectivity index (χ1) is 14.9. The predicted octanol–water partition coefficient (Wildman–Crippen LogP) is 3.02. The molecular formula is C23H20N4O4. The molecule has 3 aromatic rings. The number of rotatable bonds is 5. The minimum absolute atomic E-state index is 0.0763. The Morgan fingerprint density at radius 3 is 2.55 bits per heavy atom. The number of carbonyl (C=O) groups is 3. The number of nitrogens with zero attached hydrogens (tertiary/aromatic N) is 2. The molecule has 1 aliphatic rings. The second-order valence-electron chi connectivity index (χ2n) is 7.06. The molecule has 2 aromatic carbocycles. The van der Waals surface area contributed by atoms with Crippen molar-refractivity contribution >= 4 is 29.6 Å². The summed E-state index contributed by atoms with van der Waals surface area (Å²) in [4.78, 5) is 38.3. The molecule has 8 nitrogen and oxygen atoms in total. The maximum atomic E-state index is 12.7. The number of benzene rings is 2. The standard InChI is InChI=1S/C23H20N4O4/c1-15-5-2-3-7-19(15)24-21(29)14-27-22(30)20(25-23(27)31)13-17-6-4-12-26(17)16-8-10-18(28)11-9-16/h2-13,28H,14H2,1H3,(H,24,29)(H,25,31)/b20-13-. The number of aromatic nitrogens is 1. The van der Waals surface area contributed by atoms with Crippen molar-refractivity contribution in [2.24, 2.45) is 0 Å². The largest absolute Gasteiger partial charge is 0.508 e. The van der Waals surface area contributed by atoms with E-state index in [1.165, 1.54) is 0 Å². The van der Waals surface area contributed by atoms with Gasteiger partial charge in [0.2, 0.25) is 5.91 Å². The van der Waals surface area contributed by atoms with Gasteiger partial charge in [0.1, 0.15) is 18.0 Å². The van der Waals surface area contributed by atoms with Crippen LogP contribution in [0.4, 0.5) is 10.5 Å². The number of amides is 4. The molecule has 1 aliphatic heterocycles. The molecule has 0 saturated carbocycles. The van der Waals surface area contributed by atoms with E-state index >= 15 is 0 Å². The average molecular weight is 416 g/mol. The monoisotopic (exact) mass is 416 g/mol. The lowest BCUT2D eigenvalue weighted by Gasteiger charge is -2.13. The molecule has 156 valence electrons. The van der Waals surface area contributed by atoms with Gasteiger partial charge in [-0.15, -0.1) is 0 Å². The van der Waals surface area contributed by atoms with Gasteiger partial charge in [0, 0.05) is 23.3 Å². The number of aromatic hydroxyl groups is 1. The van der Waals surface area contributed by atoms with Gasteiger partial charge in [0.05, 0.1) is 0 Å². The molecule has 0 aliphatic carbocycles. The molecule has 0 radical (unpaired) electrons. The minimum atomic E-state index is -0.654. The highest BCUT2D eigenvalue weighted by atomic mass is 16.3. The van der Waals surface area contributed by atoms with Gasteiger partial charge in [-0.05, 0) is 61.0 Å². The maximum absolute atomic E-state index is 12.7. The second kappa shape index (κ2) is 8.19. The number of hydrogen-bond acceptors (Lipinski definition) is 4. The summed E-state index contributed by atoms with van der Waals surface area (Å²) in [6, 6.07) is 16.8. The summed E-state index contributed by atoms with van der Waals surface area (Å²) in [5.74, 6) is -0.899. The Kier molecular flexibility index (Phi) is 5.28. The number of phenols is 1. The van der Waals surface area contributed by atoms with Crippen molar-refractivity contribution in [2.75, 3.05) is 11.9 Å². The quantitative estimate of drug-likeness (QED) is 0.439. The van der Waals surface area contributed by atoms with Gasteiger partial charge in [-0.1, -0.05) is 18.2 Å². The number of hydrogen-bond donors (Lipinski definition) is 3. The van der Waals surface area contributed by atoms with Crippen molar-refractivity contribution in [3.05, 3.63) is 83.8 Å². The van der Waals surface area contributed by atoms with E-state index in [-0.39, 0.29) is 11.4 Å². The second-order valence-corrected chi connectivity index (χ2v) is 7.06. The first kappa shape index (κ1) is 20.0. The molecule has 0 bridgehead atoms. The highest BCUT2D eigenvalue weighted by molar-refractivity contribution is 6.15. The maximum Gasteiger partial charge on any atom is 0.329 e. The molecule has 0 unspecified atom stereocenters. The van der Waals surface area contributed by atoms with Crippen LogP contribution in [-0.2, 0) is 9.59 Å². The van der Waals surface area contributed by atoms with Crippen LogP contribution in [0.1, 0.15) is 11.3 Å². The zero-order valence-corrected chi connectivity index (χ0v) is 16.7. The lowest BCUT2D eigenvalue weighted by atomic mass is 10.2. The number of nitrogens with one attached hydrogen (secondary N) is 2. The number of aryl methyl sites for hydroxylation is 1. The fraction of sp³-hybridized carbons (Fsp3) is 0.0870. The molecule has 4 amide bonds. The van der Waals surface area contributed by atoms with Crippen molar-refractivity contribution in [2.45, 2.75) is 6.92 Å². The van der Waals surface area contributed by atoms with Gasteiger partial charge in [0.15, 0.2) is 0 Å². The number of para-hydroxylation sites is 1. The molecule has 2 heterocycles. The number of phenolic OH excluding ortho intramolecular Hbond substituents is 1. The third-order valence-corrected chi connectivity index (χ3v) is 4.88. The van der Waals surface area contributed by atoms with Crippen molar-refractivity contribution in [1.29, 1.82) is 0 Å². The molecule has 0 atom stereocenters. The third kappa shape index (κ3) is 4.18. The lowest BCUT2D eigenvalue weighted by molar-refractivity contribution is -0.127. The normalized spacial score (nSPS) is 14.7. The van der Waals surface area contributed by atoms with E-state index in [2.05, 4.69) is 10.6 Å². The van der Waals surface area contributed by atoms with Crippen molar-refractivity contribution in [3.8, 4) is 11.4 Å². The summed E-state index contributed by atoms with van der Waals surface area (Å²) in [5.41, 5.74) is 3.01. The van der Waals surface area contributed by atoms with E-state index in [0.29, 0.717) is 11.4 Å². The molecule has 3 N–H and O–H groups in total. The fourth-order valence-electron chi connectivity index (χ4n) is 3.27. The summed E-state index contributed by atoms with van der Waals surface area (Å²) >= 11 is 0. The van der Waals surface area contributed by atoms with Gasteiger partial charge in [0.25, 0.3) is 5.91 Å². The van der Waals surface area contributed by atoms with Crippen LogP contribution in [0, 0.1) is 6.92 Å². The van der Waals surface area contributed by atoms with Gasteiger partial charge in [-0.25, -0.2) is 9.69 Å². The Balaban J connectivity index is 1.51. The SMILES string of the molecule is Cc1ccccc1NC(=O)CN1C(=O)N/C(=C\c2cccn2-c2ccc(O)cc2)C1=O.